The molecule has 5 rings (SSSR count). The number of rotatable bonds is 3. The summed E-state index contributed by atoms with van der Waals surface area (Å²) in [6.45, 7) is 2.96. The number of nitrogens with one attached hydrogen (secondary N) is 1. The normalized spacial score (nSPS) is 21.3. The first-order valence-electron chi connectivity index (χ1n) is 9.85. The Labute approximate surface area is 169 Å². The van der Waals surface area contributed by atoms with Crippen molar-refractivity contribution in [2.24, 2.45) is 0 Å². The zero-order valence-electron chi connectivity index (χ0n) is 16.6. The Balaban J connectivity index is 1.61. The maximum atomic E-state index is 13.7. The number of methoxy groups -OCH3 is 1. The Kier molecular flexibility index (Phi) is 3.91. The van der Waals surface area contributed by atoms with E-state index in [4.69, 9.17) is 4.74 Å². The van der Waals surface area contributed by atoms with Gasteiger partial charge in [-0.3, -0.25) is 9.59 Å². The molecular formula is C23H23N3O3. The molecule has 29 heavy (non-hydrogen) atoms. The number of hydrogen-bond acceptors (Lipinski definition) is 3. The van der Waals surface area contributed by atoms with Crippen LogP contribution in [0.15, 0.2) is 48.5 Å². The molecule has 0 spiro atoms. The average Bonchev–Trinajstić information content (AvgIpc) is 3.12. The largest absolute Gasteiger partial charge is 0.497 e. The number of nitrogens with zero attached hydrogens (tertiary/aromatic N) is 2. The van der Waals surface area contributed by atoms with E-state index in [2.05, 4.69) is 4.98 Å². The summed E-state index contributed by atoms with van der Waals surface area (Å²) >= 11 is 0. The molecule has 6 nitrogen and oxygen atoms in total. The van der Waals surface area contributed by atoms with Crippen molar-refractivity contribution in [3.8, 4) is 5.75 Å². The van der Waals surface area contributed by atoms with Crippen LogP contribution in [0, 0.1) is 0 Å². The van der Waals surface area contributed by atoms with E-state index in [-0.39, 0.29) is 18.4 Å². The van der Waals surface area contributed by atoms with Crippen LogP contribution in [0.2, 0.25) is 0 Å². The molecule has 1 aromatic heterocycles. The van der Waals surface area contributed by atoms with Crippen LogP contribution >= 0.6 is 0 Å². The first-order valence-corrected chi connectivity index (χ1v) is 9.85. The predicted octanol–water partition coefficient (Wildman–Crippen LogP) is 2.82. The predicted molar refractivity (Wildman–Crippen MR) is 109 cm³/mol. The van der Waals surface area contributed by atoms with Gasteiger partial charge in [0.25, 0.3) is 5.91 Å². The summed E-state index contributed by atoms with van der Waals surface area (Å²) in [4.78, 5) is 33.5. The Hall–Kier alpha value is -3.28. The Morgan fingerprint density at radius 3 is 2.69 bits per heavy atom. The van der Waals surface area contributed by atoms with E-state index in [1.165, 1.54) is 0 Å². The lowest BCUT2D eigenvalue weighted by Crippen LogP contribution is -2.66. The molecule has 2 aliphatic heterocycles. The summed E-state index contributed by atoms with van der Waals surface area (Å²) in [6, 6.07) is 15.7. The van der Waals surface area contributed by atoms with Gasteiger partial charge < -0.3 is 19.5 Å². The van der Waals surface area contributed by atoms with Crippen molar-refractivity contribution in [1.29, 1.82) is 0 Å². The molecule has 0 bridgehead atoms. The number of hydrogen-bond donors (Lipinski definition) is 1. The van der Waals surface area contributed by atoms with Gasteiger partial charge in [0.05, 0.1) is 12.8 Å². The minimum Gasteiger partial charge on any atom is -0.497 e. The molecule has 0 aliphatic carbocycles. The zero-order chi connectivity index (χ0) is 20.2. The molecule has 3 aromatic rings. The molecule has 1 N–H and O–H groups in total. The van der Waals surface area contributed by atoms with Gasteiger partial charge in [-0.25, -0.2) is 0 Å². The van der Waals surface area contributed by atoms with Gasteiger partial charge in [0.2, 0.25) is 5.91 Å². The molecule has 1 atom stereocenters. The van der Waals surface area contributed by atoms with Crippen molar-refractivity contribution in [1.82, 2.24) is 14.8 Å². The topological polar surface area (TPSA) is 65.6 Å². The molecule has 1 fully saturated rings. The summed E-state index contributed by atoms with van der Waals surface area (Å²) in [5, 5.41) is 1.06. The fourth-order valence-corrected chi connectivity index (χ4v) is 4.77. The second-order valence-electron chi connectivity index (χ2n) is 7.90. The van der Waals surface area contributed by atoms with Gasteiger partial charge in [0.1, 0.15) is 12.3 Å². The van der Waals surface area contributed by atoms with E-state index in [1.807, 2.05) is 55.5 Å². The highest BCUT2D eigenvalue weighted by atomic mass is 16.5. The van der Waals surface area contributed by atoms with Gasteiger partial charge >= 0.3 is 0 Å². The van der Waals surface area contributed by atoms with Crippen LogP contribution in [-0.2, 0) is 28.1 Å². The minimum atomic E-state index is -1.02. The molecule has 2 aliphatic rings. The molecule has 1 saturated heterocycles. The number of aromatic nitrogens is 1. The highest BCUT2D eigenvalue weighted by Gasteiger charge is 2.54. The number of H-pyrrole nitrogens is 1. The van der Waals surface area contributed by atoms with Gasteiger partial charge in [-0.1, -0.05) is 30.3 Å². The lowest BCUT2D eigenvalue weighted by atomic mass is 9.83. The molecule has 3 heterocycles. The van der Waals surface area contributed by atoms with Crippen LogP contribution in [0.1, 0.15) is 23.7 Å². The summed E-state index contributed by atoms with van der Waals surface area (Å²) in [6.07, 6.45) is 0.718. The molecule has 6 heteroatoms. The summed E-state index contributed by atoms with van der Waals surface area (Å²) in [7, 11) is 1.65. The number of carbonyl (C=O) groups excluding carboxylic acids is 2. The molecule has 2 aromatic carbocycles. The van der Waals surface area contributed by atoms with Crippen molar-refractivity contribution in [2.45, 2.75) is 25.4 Å². The first kappa shape index (κ1) is 17.8. The van der Waals surface area contributed by atoms with E-state index >= 15 is 0 Å². The van der Waals surface area contributed by atoms with Crippen LogP contribution in [0.4, 0.5) is 0 Å². The number of piperazine rings is 1. The maximum Gasteiger partial charge on any atom is 0.255 e. The Morgan fingerprint density at radius 1 is 1.14 bits per heavy atom. The van der Waals surface area contributed by atoms with Gasteiger partial charge in [0.15, 0.2) is 5.54 Å². The van der Waals surface area contributed by atoms with Crippen LogP contribution in [0.5, 0.6) is 5.75 Å². The average molecular weight is 389 g/mol. The molecule has 0 saturated carbocycles. The number of ether oxygens (including phenoxy) is 1. The highest BCUT2D eigenvalue weighted by molar-refractivity contribution is 6.00. The van der Waals surface area contributed by atoms with Crippen LogP contribution in [0.3, 0.4) is 0 Å². The lowest BCUT2D eigenvalue weighted by molar-refractivity contribution is -0.166. The lowest BCUT2D eigenvalue weighted by Gasteiger charge is -2.49. The van der Waals surface area contributed by atoms with Crippen LogP contribution in [-0.4, -0.2) is 46.8 Å². The summed E-state index contributed by atoms with van der Waals surface area (Å²) in [5.74, 6) is 0.731. The fourth-order valence-electron chi connectivity index (χ4n) is 4.77. The summed E-state index contributed by atoms with van der Waals surface area (Å²) < 4.78 is 5.38. The Bertz CT molecular complexity index is 1120. The zero-order valence-corrected chi connectivity index (χ0v) is 16.6. The molecule has 2 amide bonds. The molecule has 0 unspecified atom stereocenters. The second-order valence-corrected chi connectivity index (χ2v) is 7.90. The standard InChI is InChI=1S/C23H23N3O3/c1-23-21-17(18-12-16(29-2)8-9-19(18)24-21)10-11-26(23)20(27)14-25(22(23)28)13-15-6-4-3-5-7-15/h3-9,12,24H,10-11,13-14H2,1-2H3/t23-/m1/s1. The number of fused-ring (bicyclic) bond motifs is 5. The fraction of sp³-hybridized carbons (Fsp3) is 0.304. The number of amides is 2. The van der Waals surface area contributed by atoms with Crippen molar-refractivity contribution >= 4 is 22.7 Å². The van der Waals surface area contributed by atoms with Gasteiger partial charge in [-0.15, -0.1) is 0 Å². The van der Waals surface area contributed by atoms with Gasteiger partial charge in [-0.2, -0.15) is 0 Å². The number of benzene rings is 2. The third-order valence-electron chi connectivity index (χ3n) is 6.27. The minimum absolute atomic E-state index is 0.00934. The van der Waals surface area contributed by atoms with E-state index < -0.39 is 5.54 Å². The van der Waals surface area contributed by atoms with Crippen molar-refractivity contribution in [3.63, 3.8) is 0 Å². The third-order valence-corrected chi connectivity index (χ3v) is 6.27. The third kappa shape index (κ3) is 2.55. The van der Waals surface area contributed by atoms with Gasteiger partial charge in [0, 0.05) is 24.0 Å². The highest BCUT2D eigenvalue weighted by Crippen LogP contribution is 2.42. The van der Waals surface area contributed by atoms with E-state index in [0.717, 1.165) is 39.9 Å². The number of carbonyl (C=O) groups is 2. The molecular weight excluding hydrogens is 366 g/mol. The molecule has 0 radical (unpaired) electrons. The van der Waals surface area contributed by atoms with Crippen molar-refractivity contribution in [2.75, 3.05) is 20.2 Å². The first-order chi connectivity index (χ1) is 14.0. The van der Waals surface area contributed by atoms with E-state index in [9.17, 15) is 9.59 Å². The smallest absolute Gasteiger partial charge is 0.255 e. The summed E-state index contributed by atoms with van der Waals surface area (Å²) in [5.41, 5.74) is 2.87. The monoisotopic (exact) mass is 389 g/mol. The number of aromatic amines is 1. The Morgan fingerprint density at radius 2 is 1.93 bits per heavy atom. The quantitative estimate of drug-likeness (QED) is 0.749. The molecule has 148 valence electrons. The van der Waals surface area contributed by atoms with Crippen molar-refractivity contribution < 1.29 is 14.3 Å². The SMILES string of the molecule is COc1ccc2[nH]c3c(c2c1)CCN1C(=O)CN(Cc2ccccc2)C(=O)[C@@]31C. The van der Waals surface area contributed by atoms with Crippen LogP contribution < -0.4 is 4.74 Å². The second kappa shape index (κ2) is 6.37. The van der Waals surface area contributed by atoms with Crippen molar-refractivity contribution in [3.05, 3.63) is 65.4 Å². The maximum absolute atomic E-state index is 13.7. The van der Waals surface area contributed by atoms with Crippen LogP contribution in [0.25, 0.3) is 10.9 Å². The van der Waals surface area contributed by atoms with E-state index in [0.29, 0.717) is 13.1 Å². The van der Waals surface area contributed by atoms with E-state index in [1.54, 1.807) is 16.9 Å². The van der Waals surface area contributed by atoms with Gasteiger partial charge in [-0.05, 0) is 42.7 Å².